The Bertz CT molecular complexity index is 395. The minimum atomic E-state index is -0.150. The topological polar surface area (TPSA) is 12.0 Å². The maximum Gasteiger partial charge on any atom is 0.124 e. The van der Waals surface area contributed by atoms with Crippen LogP contribution in [0, 0.1) is 5.82 Å². The minimum absolute atomic E-state index is 0.150. The molecule has 1 N–H and O–H groups in total. The summed E-state index contributed by atoms with van der Waals surface area (Å²) in [4.78, 5) is 1.02. The number of unbranched alkanes of at least 4 members (excludes halogenated alkanes) is 3. The summed E-state index contributed by atoms with van der Waals surface area (Å²) in [5.41, 5.74) is 0. The third-order valence-electron chi connectivity index (χ3n) is 3.39. The quantitative estimate of drug-likeness (QED) is 0.314. The van der Waals surface area contributed by atoms with Gasteiger partial charge in [0.05, 0.1) is 0 Å². The van der Waals surface area contributed by atoms with Crippen LogP contribution >= 0.6 is 11.8 Å². The second-order valence-electron chi connectivity index (χ2n) is 5.35. The molecule has 0 radical (unpaired) electrons. The molecule has 0 bridgehead atoms. The molecule has 0 saturated heterocycles. The molecule has 1 aromatic rings. The molecule has 1 rings (SSSR count). The van der Waals surface area contributed by atoms with Gasteiger partial charge in [-0.05, 0) is 50.4 Å². The van der Waals surface area contributed by atoms with Crippen LogP contribution in [0.1, 0.15) is 45.4 Å². The average molecular weight is 309 g/mol. The van der Waals surface area contributed by atoms with Crippen molar-refractivity contribution in [1.82, 2.24) is 5.32 Å². The van der Waals surface area contributed by atoms with E-state index in [1.807, 2.05) is 12.1 Å². The van der Waals surface area contributed by atoms with Crippen LogP contribution in [-0.2, 0) is 0 Å². The van der Waals surface area contributed by atoms with E-state index in [4.69, 9.17) is 0 Å². The predicted molar refractivity (Wildman–Crippen MR) is 92.5 cm³/mol. The lowest BCUT2D eigenvalue weighted by molar-refractivity contribution is 0.490. The first kappa shape index (κ1) is 18.2. The van der Waals surface area contributed by atoms with E-state index < -0.39 is 0 Å². The van der Waals surface area contributed by atoms with E-state index in [9.17, 15) is 4.39 Å². The van der Waals surface area contributed by atoms with E-state index in [0.717, 1.165) is 30.0 Å². The summed E-state index contributed by atoms with van der Waals surface area (Å²) < 4.78 is 13.2. The van der Waals surface area contributed by atoms with Crippen LogP contribution in [-0.4, -0.2) is 18.3 Å². The molecule has 0 aliphatic heterocycles. The average Bonchev–Trinajstić information content (AvgIpc) is 2.49. The highest BCUT2D eigenvalue weighted by atomic mass is 32.2. The van der Waals surface area contributed by atoms with Gasteiger partial charge in [-0.25, -0.2) is 4.39 Å². The third kappa shape index (κ3) is 8.94. The molecule has 0 amide bonds. The summed E-state index contributed by atoms with van der Waals surface area (Å²) in [6.07, 6.45) is 9.20. The van der Waals surface area contributed by atoms with Crippen molar-refractivity contribution in [2.75, 3.05) is 12.3 Å². The molecule has 0 aliphatic rings. The standard InChI is InChI=1S/C18H28FNS/c1-3-5-6-7-8-11-17(20-13-4-2)15-21-18-12-9-10-16(19)14-18/h3,9-10,12,14,17,20H,1,4-8,11,13,15H2,2H3. The largest absolute Gasteiger partial charge is 0.313 e. The van der Waals surface area contributed by atoms with Crippen molar-refractivity contribution in [3.63, 3.8) is 0 Å². The fourth-order valence-electron chi connectivity index (χ4n) is 2.20. The highest BCUT2D eigenvalue weighted by molar-refractivity contribution is 7.99. The van der Waals surface area contributed by atoms with Crippen LogP contribution in [0.5, 0.6) is 0 Å². The molecule has 0 fully saturated rings. The van der Waals surface area contributed by atoms with Crippen molar-refractivity contribution in [1.29, 1.82) is 0 Å². The van der Waals surface area contributed by atoms with Crippen LogP contribution in [0.15, 0.2) is 41.8 Å². The molecule has 0 saturated carbocycles. The van der Waals surface area contributed by atoms with Crippen LogP contribution < -0.4 is 5.32 Å². The van der Waals surface area contributed by atoms with Crippen LogP contribution in [0.3, 0.4) is 0 Å². The van der Waals surface area contributed by atoms with E-state index in [1.165, 1.54) is 31.7 Å². The van der Waals surface area contributed by atoms with E-state index in [-0.39, 0.29) is 5.82 Å². The van der Waals surface area contributed by atoms with Crippen LogP contribution in [0.2, 0.25) is 0 Å². The summed E-state index contributed by atoms with van der Waals surface area (Å²) in [6.45, 7) is 7.00. The Balaban J connectivity index is 2.32. The molecule has 118 valence electrons. The van der Waals surface area contributed by atoms with Gasteiger partial charge in [0.25, 0.3) is 0 Å². The smallest absolute Gasteiger partial charge is 0.124 e. The Morgan fingerprint density at radius 1 is 1.33 bits per heavy atom. The number of hydrogen-bond acceptors (Lipinski definition) is 2. The number of benzene rings is 1. The Morgan fingerprint density at radius 2 is 2.19 bits per heavy atom. The van der Waals surface area contributed by atoms with Crippen LogP contribution in [0.25, 0.3) is 0 Å². The van der Waals surface area contributed by atoms with Gasteiger partial charge in [-0.2, -0.15) is 0 Å². The molecule has 0 aromatic heterocycles. The van der Waals surface area contributed by atoms with E-state index in [2.05, 4.69) is 18.8 Å². The van der Waals surface area contributed by atoms with Gasteiger partial charge < -0.3 is 5.32 Å². The summed E-state index contributed by atoms with van der Waals surface area (Å²) >= 11 is 1.74. The first-order chi connectivity index (χ1) is 10.3. The summed E-state index contributed by atoms with van der Waals surface area (Å²) in [5.74, 6) is 0.854. The number of allylic oxidation sites excluding steroid dienone is 1. The van der Waals surface area contributed by atoms with Crippen molar-refractivity contribution >= 4 is 11.8 Å². The second-order valence-corrected chi connectivity index (χ2v) is 6.44. The Kier molecular flexibility index (Phi) is 10.3. The minimum Gasteiger partial charge on any atom is -0.313 e. The number of halogens is 1. The zero-order valence-corrected chi connectivity index (χ0v) is 13.9. The molecule has 1 aromatic carbocycles. The number of hydrogen-bond donors (Lipinski definition) is 1. The maximum atomic E-state index is 13.2. The number of thioether (sulfide) groups is 1. The Labute approximate surface area is 133 Å². The lowest BCUT2D eigenvalue weighted by Gasteiger charge is -2.18. The Morgan fingerprint density at radius 3 is 2.90 bits per heavy atom. The monoisotopic (exact) mass is 309 g/mol. The predicted octanol–water partition coefficient (Wildman–Crippen LogP) is 5.42. The normalized spacial score (nSPS) is 12.3. The molecule has 1 atom stereocenters. The van der Waals surface area contributed by atoms with Gasteiger partial charge in [-0.15, -0.1) is 18.3 Å². The first-order valence-corrected chi connectivity index (χ1v) is 8.97. The van der Waals surface area contributed by atoms with Gasteiger partial charge in [0, 0.05) is 16.7 Å². The number of nitrogens with one attached hydrogen (secondary N) is 1. The maximum absolute atomic E-state index is 13.2. The second kappa shape index (κ2) is 11.8. The van der Waals surface area contributed by atoms with Gasteiger partial charge >= 0.3 is 0 Å². The van der Waals surface area contributed by atoms with Gasteiger partial charge in [-0.3, -0.25) is 0 Å². The zero-order valence-electron chi connectivity index (χ0n) is 13.1. The Hall–Kier alpha value is -0.800. The molecular formula is C18H28FNS. The molecular weight excluding hydrogens is 281 g/mol. The fraction of sp³-hybridized carbons (Fsp3) is 0.556. The summed E-state index contributed by atoms with van der Waals surface area (Å²) in [6, 6.07) is 7.39. The van der Waals surface area contributed by atoms with Crippen molar-refractivity contribution in [2.24, 2.45) is 0 Å². The van der Waals surface area contributed by atoms with Crippen molar-refractivity contribution < 1.29 is 4.39 Å². The van der Waals surface area contributed by atoms with Gasteiger partial charge in [-0.1, -0.05) is 31.9 Å². The third-order valence-corrected chi connectivity index (χ3v) is 4.55. The summed E-state index contributed by atoms with van der Waals surface area (Å²) in [7, 11) is 0. The molecule has 0 heterocycles. The first-order valence-electron chi connectivity index (χ1n) is 7.99. The molecule has 0 aliphatic carbocycles. The molecule has 0 spiro atoms. The zero-order chi connectivity index (χ0) is 15.3. The van der Waals surface area contributed by atoms with E-state index in [1.54, 1.807) is 23.9 Å². The number of rotatable bonds is 12. The molecule has 1 unspecified atom stereocenters. The van der Waals surface area contributed by atoms with E-state index >= 15 is 0 Å². The van der Waals surface area contributed by atoms with Gasteiger partial charge in [0.1, 0.15) is 5.82 Å². The molecule has 21 heavy (non-hydrogen) atoms. The van der Waals surface area contributed by atoms with Gasteiger partial charge in [0.2, 0.25) is 0 Å². The fourth-order valence-corrected chi connectivity index (χ4v) is 3.25. The molecule has 1 nitrogen and oxygen atoms in total. The van der Waals surface area contributed by atoms with Crippen molar-refractivity contribution in [3.05, 3.63) is 42.7 Å². The van der Waals surface area contributed by atoms with Crippen molar-refractivity contribution in [3.8, 4) is 0 Å². The lowest BCUT2D eigenvalue weighted by atomic mass is 10.1. The molecule has 3 heteroatoms. The highest BCUT2D eigenvalue weighted by Gasteiger charge is 2.08. The van der Waals surface area contributed by atoms with Crippen molar-refractivity contribution in [2.45, 2.75) is 56.4 Å². The summed E-state index contributed by atoms with van der Waals surface area (Å²) in [5, 5.41) is 3.61. The van der Waals surface area contributed by atoms with Gasteiger partial charge in [0.15, 0.2) is 0 Å². The van der Waals surface area contributed by atoms with Crippen LogP contribution in [0.4, 0.5) is 4.39 Å². The lowest BCUT2D eigenvalue weighted by Crippen LogP contribution is -2.31. The SMILES string of the molecule is C=CCCCCCC(CSc1cccc(F)c1)NCCC. The highest BCUT2D eigenvalue weighted by Crippen LogP contribution is 2.21. The van der Waals surface area contributed by atoms with E-state index in [0.29, 0.717) is 6.04 Å².